The Labute approximate surface area is 160 Å². The third-order valence-electron chi connectivity index (χ3n) is 4.97. The number of aromatic nitrogens is 1. The number of carbonyl (C=O) groups is 3. The van der Waals surface area contributed by atoms with E-state index in [9.17, 15) is 19.5 Å². The summed E-state index contributed by atoms with van der Waals surface area (Å²) in [6.45, 7) is 0. The number of aromatic amines is 1. The summed E-state index contributed by atoms with van der Waals surface area (Å²) in [4.78, 5) is 38.9. The van der Waals surface area contributed by atoms with Gasteiger partial charge in [0.2, 0.25) is 5.91 Å². The number of rotatable bonds is 5. The Hall–Kier alpha value is -3.61. The summed E-state index contributed by atoms with van der Waals surface area (Å²) in [6, 6.07) is 11.5. The first-order chi connectivity index (χ1) is 13.5. The molecular formula is C21H19N3O4. The van der Waals surface area contributed by atoms with Gasteiger partial charge in [-0.3, -0.25) is 9.59 Å². The number of hydrogen-bond donors (Lipinski definition) is 4. The predicted octanol–water partition coefficient (Wildman–Crippen LogP) is 2.48. The van der Waals surface area contributed by atoms with Gasteiger partial charge in [0.05, 0.1) is 0 Å². The van der Waals surface area contributed by atoms with Crippen molar-refractivity contribution >= 4 is 34.4 Å². The number of hydrogen-bond acceptors (Lipinski definition) is 3. The molecule has 4 N–H and O–H groups in total. The normalized spacial score (nSPS) is 14.2. The number of aliphatic carboxylic acids is 1. The molecule has 142 valence electrons. The lowest BCUT2D eigenvalue weighted by Gasteiger charge is -2.18. The van der Waals surface area contributed by atoms with Crippen molar-refractivity contribution < 1.29 is 19.5 Å². The quantitative estimate of drug-likeness (QED) is 0.547. The molecule has 1 aromatic heterocycles. The van der Waals surface area contributed by atoms with Crippen molar-refractivity contribution in [1.82, 2.24) is 10.3 Å². The van der Waals surface area contributed by atoms with E-state index >= 15 is 0 Å². The molecule has 0 radical (unpaired) electrons. The van der Waals surface area contributed by atoms with Crippen LogP contribution in [0.3, 0.4) is 0 Å². The minimum atomic E-state index is -1.09. The molecule has 1 aliphatic heterocycles. The number of carboxylic acids is 1. The number of nitrogens with one attached hydrogen (secondary N) is 3. The number of carboxylic acid groups (broad SMARTS) is 1. The maximum Gasteiger partial charge on any atom is 0.326 e. The number of aryl methyl sites for hydroxylation is 1. The van der Waals surface area contributed by atoms with E-state index < -0.39 is 17.9 Å². The summed E-state index contributed by atoms with van der Waals surface area (Å²) in [6.07, 6.45) is 2.87. The van der Waals surface area contributed by atoms with E-state index in [4.69, 9.17) is 0 Å². The Kier molecular flexibility index (Phi) is 4.57. The molecule has 28 heavy (non-hydrogen) atoms. The summed E-state index contributed by atoms with van der Waals surface area (Å²) in [7, 11) is 0. The summed E-state index contributed by atoms with van der Waals surface area (Å²) < 4.78 is 0. The Morgan fingerprint density at radius 2 is 1.96 bits per heavy atom. The van der Waals surface area contributed by atoms with Gasteiger partial charge in [-0.1, -0.05) is 18.2 Å². The van der Waals surface area contributed by atoms with Crippen LogP contribution in [0.25, 0.3) is 10.9 Å². The number of carbonyl (C=O) groups excluding carboxylic acids is 2. The second-order valence-electron chi connectivity index (χ2n) is 6.85. The van der Waals surface area contributed by atoms with Crippen LogP contribution in [0.2, 0.25) is 0 Å². The summed E-state index contributed by atoms with van der Waals surface area (Å²) in [5.41, 5.74) is 3.69. The molecular weight excluding hydrogens is 358 g/mol. The van der Waals surface area contributed by atoms with Gasteiger partial charge in [0.15, 0.2) is 0 Å². The van der Waals surface area contributed by atoms with Crippen molar-refractivity contribution in [3.05, 3.63) is 65.4 Å². The van der Waals surface area contributed by atoms with Crippen LogP contribution in [-0.4, -0.2) is 33.9 Å². The molecule has 1 aliphatic rings. The van der Waals surface area contributed by atoms with Gasteiger partial charge >= 0.3 is 5.97 Å². The second kappa shape index (κ2) is 7.19. The number of para-hydroxylation sites is 1. The van der Waals surface area contributed by atoms with E-state index in [1.807, 2.05) is 24.3 Å². The van der Waals surface area contributed by atoms with Crippen molar-refractivity contribution in [1.29, 1.82) is 0 Å². The van der Waals surface area contributed by atoms with E-state index in [1.54, 1.807) is 24.4 Å². The second-order valence-corrected chi connectivity index (χ2v) is 6.85. The molecule has 2 aromatic carbocycles. The third kappa shape index (κ3) is 3.46. The van der Waals surface area contributed by atoms with Crippen LogP contribution in [0, 0.1) is 0 Å². The third-order valence-corrected chi connectivity index (χ3v) is 4.97. The minimum absolute atomic E-state index is 0.0469. The zero-order valence-electron chi connectivity index (χ0n) is 15.0. The summed E-state index contributed by atoms with van der Waals surface area (Å²) in [5.74, 6) is -1.59. The van der Waals surface area contributed by atoms with Gasteiger partial charge in [0, 0.05) is 41.2 Å². The Bertz CT molecular complexity index is 1090. The smallest absolute Gasteiger partial charge is 0.326 e. The molecule has 2 amide bonds. The first-order valence-corrected chi connectivity index (χ1v) is 9.02. The van der Waals surface area contributed by atoms with E-state index in [0.29, 0.717) is 24.1 Å². The number of fused-ring (bicyclic) bond motifs is 2. The van der Waals surface area contributed by atoms with Crippen LogP contribution < -0.4 is 10.6 Å². The minimum Gasteiger partial charge on any atom is -0.480 e. The highest BCUT2D eigenvalue weighted by molar-refractivity contribution is 5.99. The van der Waals surface area contributed by atoms with E-state index in [1.165, 1.54) is 0 Å². The highest BCUT2D eigenvalue weighted by atomic mass is 16.4. The molecule has 0 bridgehead atoms. The van der Waals surface area contributed by atoms with Crippen LogP contribution in [0.4, 0.5) is 5.69 Å². The number of H-pyrrole nitrogens is 1. The SMILES string of the molecule is O=C1CCc2cc(C(=O)N[C@@H](Cc3c[nH]c4ccccc34)C(=O)O)ccc2N1. The molecule has 0 saturated carbocycles. The highest BCUT2D eigenvalue weighted by Gasteiger charge is 2.23. The predicted molar refractivity (Wildman–Crippen MR) is 104 cm³/mol. The van der Waals surface area contributed by atoms with Crippen molar-refractivity contribution in [2.45, 2.75) is 25.3 Å². The zero-order valence-corrected chi connectivity index (χ0v) is 15.0. The maximum absolute atomic E-state index is 12.6. The number of amides is 2. The van der Waals surface area contributed by atoms with E-state index in [2.05, 4.69) is 15.6 Å². The van der Waals surface area contributed by atoms with Crippen LogP contribution in [0.1, 0.15) is 27.9 Å². The molecule has 0 unspecified atom stereocenters. The molecule has 2 heterocycles. The first kappa shape index (κ1) is 17.8. The molecule has 1 atom stereocenters. The lowest BCUT2D eigenvalue weighted by atomic mass is 9.99. The van der Waals surface area contributed by atoms with Crippen LogP contribution in [0.15, 0.2) is 48.7 Å². The average molecular weight is 377 g/mol. The fourth-order valence-corrected chi connectivity index (χ4v) is 3.49. The summed E-state index contributed by atoms with van der Waals surface area (Å²) in [5, 5.41) is 15.9. The van der Waals surface area contributed by atoms with Gasteiger partial charge in [-0.05, 0) is 41.8 Å². The molecule has 0 saturated heterocycles. The van der Waals surface area contributed by atoms with Crippen molar-refractivity contribution in [2.24, 2.45) is 0 Å². The maximum atomic E-state index is 12.6. The van der Waals surface area contributed by atoms with Crippen molar-refractivity contribution in [3.63, 3.8) is 0 Å². The van der Waals surface area contributed by atoms with Crippen LogP contribution >= 0.6 is 0 Å². The van der Waals surface area contributed by atoms with E-state index in [-0.39, 0.29) is 12.3 Å². The van der Waals surface area contributed by atoms with Gasteiger partial charge in [0.1, 0.15) is 6.04 Å². The number of benzene rings is 2. The lowest BCUT2D eigenvalue weighted by molar-refractivity contribution is -0.139. The first-order valence-electron chi connectivity index (χ1n) is 9.02. The zero-order chi connectivity index (χ0) is 19.7. The van der Waals surface area contributed by atoms with Crippen molar-refractivity contribution in [3.8, 4) is 0 Å². The Balaban J connectivity index is 1.53. The largest absolute Gasteiger partial charge is 0.480 e. The average Bonchev–Trinajstić information content (AvgIpc) is 3.10. The molecule has 0 aliphatic carbocycles. The molecule has 7 nitrogen and oxygen atoms in total. The highest BCUT2D eigenvalue weighted by Crippen LogP contribution is 2.24. The van der Waals surface area contributed by atoms with Gasteiger partial charge in [-0.25, -0.2) is 4.79 Å². The van der Waals surface area contributed by atoms with E-state index in [0.717, 1.165) is 22.0 Å². The monoisotopic (exact) mass is 377 g/mol. The Morgan fingerprint density at radius 3 is 2.79 bits per heavy atom. The molecule has 4 rings (SSSR count). The topological polar surface area (TPSA) is 111 Å². The fourth-order valence-electron chi connectivity index (χ4n) is 3.49. The lowest BCUT2D eigenvalue weighted by Crippen LogP contribution is -2.42. The molecule has 3 aromatic rings. The van der Waals surface area contributed by atoms with Gasteiger partial charge in [-0.15, -0.1) is 0 Å². The molecule has 7 heteroatoms. The van der Waals surface area contributed by atoms with Crippen LogP contribution in [0.5, 0.6) is 0 Å². The Morgan fingerprint density at radius 1 is 1.14 bits per heavy atom. The molecule has 0 fully saturated rings. The van der Waals surface area contributed by atoms with Gasteiger partial charge in [0.25, 0.3) is 5.91 Å². The standard InChI is InChI=1S/C21H19N3O4/c25-19-8-6-12-9-13(5-7-16(12)23-19)20(26)24-18(21(27)28)10-14-11-22-17-4-2-1-3-15(14)17/h1-5,7,9,11,18,22H,6,8,10H2,(H,23,25)(H,24,26)(H,27,28)/t18-/m0/s1. The molecule has 0 spiro atoms. The van der Waals surface area contributed by atoms with Crippen molar-refractivity contribution in [2.75, 3.05) is 5.32 Å². The number of anilines is 1. The van der Waals surface area contributed by atoms with Crippen LogP contribution in [-0.2, 0) is 22.4 Å². The van der Waals surface area contributed by atoms with Gasteiger partial charge < -0.3 is 20.7 Å². The fraction of sp³-hybridized carbons (Fsp3) is 0.190. The van der Waals surface area contributed by atoms with Gasteiger partial charge in [-0.2, -0.15) is 0 Å². The summed E-state index contributed by atoms with van der Waals surface area (Å²) >= 11 is 0.